The number of aliphatic hydroxyl groups is 1. The van der Waals surface area contributed by atoms with Gasteiger partial charge in [-0.2, -0.15) is 0 Å². The lowest BCUT2D eigenvalue weighted by atomic mass is 9.61. The summed E-state index contributed by atoms with van der Waals surface area (Å²) in [5, 5.41) is 21.1. The first-order chi connectivity index (χ1) is 12.7. The van der Waals surface area contributed by atoms with Crippen molar-refractivity contribution in [2.24, 2.45) is 0 Å². The lowest BCUT2D eigenvalue weighted by Crippen LogP contribution is -2.61. The van der Waals surface area contributed by atoms with Crippen LogP contribution in [0.25, 0.3) is 6.08 Å². The molecule has 3 atom stereocenters. The van der Waals surface area contributed by atoms with E-state index in [1.54, 1.807) is 6.07 Å². The SMILES string of the molecule is Oc1cccc([C@@]23CCC[C@H]([C@H]2O)N(C/C=C/c2ccccc2)CC3)c1. The minimum atomic E-state index is -0.378. The Balaban J connectivity index is 1.50. The molecule has 0 unspecified atom stereocenters. The van der Waals surface area contributed by atoms with E-state index in [4.69, 9.17) is 0 Å². The number of nitrogens with zero attached hydrogens (tertiary/aromatic N) is 1. The summed E-state index contributed by atoms with van der Waals surface area (Å²) < 4.78 is 0. The Morgan fingerprint density at radius 1 is 1.08 bits per heavy atom. The van der Waals surface area contributed by atoms with Gasteiger partial charge in [0.15, 0.2) is 0 Å². The first-order valence-corrected chi connectivity index (χ1v) is 9.62. The van der Waals surface area contributed by atoms with Gasteiger partial charge >= 0.3 is 0 Å². The van der Waals surface area contributed by atoms with Crippen LogP contribution in [0.5, 0.6) is 5.75 Å². The number of piperidine rings is 1. The molecule has 0 radical (unpaired) electrons. The zero-order chi connectivity index (χ0) is 18.0. The highest BCUT2D eigenvalue weighted by Crippen LogP contribution is 2.47. The maximum Gasteiger partial charge on any atom is 0.115 e. The number of phenolic OH excluding ortho intramolecular Hbond substituents is 1. The Bertz CT molecular complexity index is 773. The third-order valence-electron chi connectivity index (χ3n) is 6.24. The summed E-state index contributed by atoms with van der Waals surface area (Å²) >= 11 is 0. The number of fused-ring (bicyclic) bond motifs is 2. The first kappa shape index (κ1) is 17.3. The Morgan fingerprint density at radius 2 is 1.92 bits per heavy atom. The van der Waals surface area contributed by atoms with Crippen molar-refractivity contribution in [2.45, 2.75) is 43.2 Å². The average Bonchev–Trinajstić information content (AvgIpc) is 2.65. The van der Waals surface area contributed by atoms with Crippen LogP contribution in [0.15, 0.2) is 60.7 Å². The normalized spacial score (nSPS) is 29.1. The smallest absolute Gasteiger partial charge is 0.115 e. The molecule has 2 bridgehead atoms. The van der Waals surface area contributed by atoms with Crippen LogP contribution in [-0.2, 0) is 5.41 Å². The number of likely N-dealkylation sites (tertiary alicyclic amines) is 1. The fourth-order valence-corrected chi connectivity index (χ4v) is 4.85. The molecule has 1 aliphatic carbocycles. The van der Waals surface area contributed by atoms with Gasteiger partial charge in [0.1, 0.15) is 5.75 Å². The molecular formula is C23H27NO2. The molecule has 0 amide bonds. The third kappa shape index (κ3) is 3.17. The van der Waals surface area contributed by atoms with E-state index in [2.05, 4.69) is 47.4 Å². The number of rotatable bonds is 4. The molecule has 3 heteroatoms. The summed E-state index contributed by atoms with van der Waals surface area (Å²) in [5.41, 5.74) is 2.10. The Hall–Kier alpha value is -2.10. The molecule has 1 heterocycles. The van der Waals surface area contributed by atoms with Crippen LogP contribution >= 0.6 is 0 Å². The van der Waals surface area contributed by atoms with Gasteiger partial charge < -0.3 is 10.2 Å². The average molecular weight is 349 g/mol. The van der Waals surface area contributed by atoms with Crippen LogP contribution in [0.2, 0.25) is 0 Å². The summed E-state index contributed by atoms with van der Waals surface area (Å²) in [6, 6.07) is 18.0. The number of benzene rings is 2. The highest BCUT2D eigenvalue weighted by Gasteiger charge is 2.50. The van der Waals surface area contributed by atoms with E-state index in [1.807, 2.05) is 18.2 Å². The predicted octanol–water partition coefficient (Wildman–Crippen LogP) is 3.96. The molecule has 1 aliphatic heterocycles. The second kappa shape index (κ2) is 7.26. The molecule has 4 rings (SSSR count). The fourth-order valence-electron chi connectivity index (χ4n) is 4.85. The van der Waals surface area contributed by atoms with Gasteiger partial charge in [0.25, 0.3) is 0 Å². The zero-order valence-electron chi connectivity index (χ0n) is 15.1. The van der Waals surface area contributed by atoms with Crippen LogP contribution in [0.4, 0.5) is 0 Å². The summed E-state index contributed by atoms with van der Waals surface area (Å²) in [5.74, 6) is 0.291. The number of aliphatic hydroxyl groups excluding tert-OH is 1. The van der Waals surface area contributed by atoms with Crippen LogP contribution in [-0.4, -0.2) is 40.3 Å². The largest absolute Gasteiger partial charge is 0.508 e. The van der Waals surface area contributed by atoms with Crippen molar-refractivity contribution in [1.29, 1.82) is 0 Å². The van der Waals surface area contributed by atoms with Crippen molar-refractivity contribution in [3.05, 3.63) is 71.8 Å². The Morgan fingerprint density at radius 3 is 2.73 bits per heavy atom. The van der Waals surface area contributed by atoms with Crippen molar-refractivity contribution in [3.63, 3.8) is 0 Å². The molecule has 26 heavy (non-hydrogen) atoms. The van der Waals surface area contributed by atoms with Gasteiger partial charge in [-0.3, -0.25) is 4.90 Å². The van der Waals surface area contributed by atoms with Crippen molar-refractivity contribution in [1.82, 2.24) is 4.90 Å². The van der Waals surface area contributed by atoms with Crippen molar-refractivity contribution >= 4 is 6.08 Å². The predicted molar refractivity (Wildman–Crippen MR) is 105 cm³/mol. The monoisotopic (exact) mass is 349 g/mol. The summed E-state index contributed by atoms with van der Waals surface area (Å²) in [6.45, 7) is 1.85. The molecule has 136 valence electrons. The lowest BCUT2D eigenvalue weighted by molar-refractivity contribution is -0.0726. The molecular weight excluding hydrogens is 322 g/mol. The van der Waals surface area contributed by atoms with Crippen molar-refractivity contribution in [2.75, 3.05) is 13.1 Å². The van der Waals surface area contributed by atoms with E-state index in [0.29, 0.717) is 5.75 Å². The molecule has 2 aromatic carbocycles. The van der Waals surface area contributed by atoms with Gasteiger partial charge in [-0.15, -0.1) is 0 Å². The van der Waals surface area contributed by atoms with E-state index < -0.39 is 0 Å². The number of hydrogen-bond donors (Lipinski definition) is 2. The standard InChI is InChI=1S/C23H27NO2/c25-20-11-4-10-19(17-20)23-13-5-12-21(22(23)26)24(16-14-23)15-6-9-18-7-2-1-3-8-18/h1-4,6-11,17,21-22,25-26H,5,12-16H2/b9-6+/t21-,22-,23+/m1/s1. The van der Waals surface area contributed by atoms with Gasteiger partial charge in [-0.05, 0) is 49.1 Å². The summed E-state index contributed by atoms with van der Waals surface area (Å²) in [4.78, 5) is 2.42. The second-order valence-corrected chi connectivity index (χ2v) is 7.67. The van der Waals surface area contributed by atoms with E-state index in [0.717, 1.165) is 44.3 Å². The maximum absolute atomic E-state index is 11.2. The molecule has 0 aromatic heterocycles. The van der Waals surface area contributed by atoms with E-state index in [1.165, 1.54) is 5.56 Å². The number of hydrogen-bond acceptors (Lipinski definition) is 3. The molecule has 1 saturated heterocycles. The minimum absolute atomic E-state index is 0.195. The number of phenols is 1. The van der Waals surface area contributed by atoms with Crippen LogP contribution in [0, 0.1) is 0 Å². The fraction of sp³-hybridized carbons (Fsp3) is 0.391. The highest BCUT2D eigenvalue weighted by atomic mass is 16.3. The molecule has 3 nitrogen and oxygen atoms in total. The van der Waals surface area contributed by atoms with E-state index in [9.17, 15) is 10.2 Å². The molecule has 2 aliphatic rings. The molecule has 2 N–H and O–H groups in total. The van der Waals surface area contributed by atoms with Gasteiger partial charge in [-0.1, -0.05) is 61.0 Å². The Kier molecular flexibility index (Phi) is 4.84. The summed E-state index contributed by atoms with van der Waals surface area (Å²) in [6.07, 6.45) is 8.09. The van der Waals surface area contributed by atoms with Crippen molar-refractivity contribution < 1.29 is 10.2 Å². The zero-order valence-corrected chi connectivity index (χ0v) is 15.1. The van der Waals surface area contributed by atoms with Crippen molar-refractivity contribution in [3.8, 4) is 5.75 Å². The second-order valence-electron chi connectivity index (χ2n) is 7.67. The van der Waals surface area contributed by atoms with Crippen LogP contribution < -0.4 is 0 Å². The maximum atomic E-state index is 11.2. The van der Waals surface area contributed by atoms with Gasteiger partial charge in [0, 0.05) is 18.0 Å². The molecule has 2 fully saturated rings. The number of aromatic hydroxyl groups is 1. The molecule has 0 spiro atoms. The van der Waals surface area contributed by atoms with Gasteiger partial charge in [0.2, 0.25) is 0 Å². The lowest BCUT2D eigenvalue weighted by Gasteiger charge is -2.54. The topological polar surface area (TPSA) is 43.7 Å². The van der Waals surface area contributed by atoms with Gasteiger partial charge in [0.05, 0.1) is 6.10 Å². The molecule has 2 aromatic rings. The van der Waals surface area contributed by atoms with Gasteiger partial charge in [-0.25, -0.2) is 0 Å². The Labute approximate surface area is 155 Å². The van der Waals surface area contributed by atoms with E-state index >= 15 is 0 Å². The molecule has 1 saturated carbocycles. The van der Waals surface area contributed by atoms with E-state index in [-0.39, 0.29) is 17.6 Å². The third-order valence-corrected chi connectivity index (χ3v) is 6.24. The van der Waals surface area contributed by atoms with Crippen LogP contribution in [0.3, 0.4) is 0 Å². The summed E-state index contributed by atoms with van der Waals surface area (Å²) in [7, 11) is 0. The quantitative estimate of drug-likeness (QED) is 0.878. The van der Waals surface area contributed by atoms with Crippen LogP contribution in [0.1, 0.15) is 36.8 Å². The first-order valence-electron chi connectivity index (χ1n) is 9.62. The minimum Gasteiger partial charge on any atom is -0.508 e. The highest BCUT2D eigenvalue weighted by molar-refractivity contribution is 5.48.